The molecule has 3 rings (SSSR count). The van der Waals surface area contributed by atoms with Gasteiger partial charge in [0.25, 0.3) is 5.91 Å². The number of amides is 2. The van der Waals surface area contributed by atoms with Crippen molar-refractivity contribution in [2.45, 2.75) is 44.9 Å². The van der Waals surface area contributed by atoms with Crippen molar-refractivity contribution in [1.29, 1.82) is 5.26 Å². The van der Waals surface area contributed by atoms with Gasteiger partial charge in [-0.2, -0.15) is 18.4 Å². The van der Waals surface area contributed by atoms with Crippen LogP contribution in [-0.4, -0.2) is 47.4 Å². The van der Waals surface area contributed by atoms with Gasteiger partial charge in [0.15, 0.2) is 5.11 Å². The zero-order chi connectivity index (χ0) is 30.9. The monoisotopic (exact) mass is 611 g/mol. The first kappa shape index (κ1) is 31.6. The van der Waals surface area contributed by atoms with Crippen LogP contribution < -0.4 is 20.9 Å². The van der Waals surface area contributed by atoms with E-state index < -0.39 is 46.4 Å². The average molecular weight is 612 g/mol. The first-order valence-electron chi connectivity index (χ1n) is 11.9. The Kier molecular flexibility index (Phi) is 8.87. The third-order valence-electron chi connectivity index (χ3n) is 5.88. The standard InChI is InChI=1S/C26H25ClF3N5O5S/c1-24(2,32)21(37)39-9-10-40-22(38)33-19-12-16(7-8-18(19)27)35-23(41)34(20(36)25(35,3)4)15-6-5-14(13-31)17(11-15)26(28,29)30/h5-8,11-12H,9-10,32H2,1-4H3,(H,33,38). The maximum absolute atomic E-state index is 13.6. The van der Waals surface area contributed by atoms with Crippen LogP contribution in [0.3, 0.4) is 0 Å². The van der Waals surface area contributed by atoms with Gasteiger partial charge in [0.05, 0.1) is 33.6 Å². The van der Waals surface area contributed by atoms with E-state index >= 15 is 0 Å². The highest BCUT2D eigenvalue weighted by atomic mass is 35.5. The molecule has 0 atom stereocenters. The Bertz CT molecular complexity index is 1450. The molecule has 3 N–H and O–H groups in total. The van der Waals surface area contributed by atoms with Crippen molar-refractivity contribution < 1.29 is 37.0 Å². The van der Waals surface area contributed by atoms with Crippen molar-refractivity contribution in [3.05, 3.63) is 52.5 Å². The van der Waals surface area contributed by atoms with Gasteiger partial charge in [-0.3, -0.25) is 19.8 Å². The van der Waals surface area contributed by atoms with E-state index in [4.69, 9.17) is 44.3 Å². The number of nitriles is 1. The van der Waals surface area contributed by atoms with Crippen molar-refractivity contribution in [3.63, 3.8) is 0 Å². The van der Waals surface area contributed by atoms with Gasteiger partial charge >= 0.3 is 18.2 Å². The Morgan fingerprint density at radius 1 is 1.12 bits per heavy atom. The molecule has 1 fully saturated rings. The molecule has 2 aromatic rings. The number of alkyl halides is 3. The van der Waals surface area contributed by atoms with E-state index in [2.05, 4.69) is 5.32 Å². The predicted molar refractivity (Wildman–Crippen MR) is 148 cm³/mol. The lowest BCUT2D eigenvalue weighted by molar-refractivity contribution is -0.149. The molecule has 0 unspecified atom stereocenters. The summed E-state index contributed by atoms with van der Waals surface area (Å²) in [7, 11) is 0. The number of ether oxygens (including phenoxy) is 2. The Hall–Kier alpha value is -3.93. The number of carbonyl (C=O) groups excluding carboxylic acids is 3. The highest BCUT2D eigenvalue weighted by molar-refractivity contribution is 7.81. The van der Waals surface area contributed by atoms with E-state index in [1.165, 1.54) is 62.9 Å². The molecule has 41 heavy (non-hydrogen) atoms. The van der Waals surface area contributed by atoms with Gasteiger partial charge in [-0.05, 0) is 76.3 Å². The molecule has 218 valence electrons. The number of halogens is 4. The fraction of sp³-hybridized carbons (Fsp3) is 0.346. The summed E-state index contributed by atoms with van der Waals surface area (Å²) in [4.78, 5) is 39.8. The van der Waals surface area contributed by atoms with Crippen LogP contribution in [0.25, 0.3) is 0 Å². The second-order valence-electron chi connectivity index (χ2n) is 9.94. The number of thiocarbonyl (C=S) groups is 1. The van der Waals surface area contributed by atoms with Gasteiger partial charge in [-0.25, -0.2) is 4.79 Å². The van der Waals surface area contributed by atoms with Gasteiger partial charge in [0.1, 0.15) is 24.3 Å². The van der Waals surface area contributed by atoms with Crippen LogP contribution in [0.15, 0.2) is 36.4 Å². The van der Waals surface area contributed by atoms with Gasteiger partial charge in [-0.1, -0.05) is 11.6 Å². The first-order chi connectivity index (χ1) is 18.9. The summed E-state index contributed by atoms with van der Waals surface area (Å²) >= 11 is 11.8. The Labute approximate surface area is 243 Å². The van der Waals surface area contributed by atoms with Gasteiger partial charge in [-0.15, -0.1) is 0 Å². The Balaban J connectivity index is 1.83. The minimum absolute atomic E-state index is 0.0801. The number of hydrogen-bond acceptors (Lipinski definition) is 8. The normalized spacial score (nSPS) is 15.0. The van der Waals surface area contributed by atoms with Gasteiger partial charge < -0.3 is 20.1 Å². The summed E-state index contributed by atoms with van der Waals surface area (Å²) < 4.78 is 50.6. The van der Waals surface area contributed by atoms with Crippen LogP contribution in [0.1, 0.15) is 38.8 Å². The summed E-state index contributed by atoms with van der Waals surface area (Å²) in [6.45, 7) is 5.46. The number of carbonyl (C=O) groups is 3. The number of benzene rings is 2. The van der Waals surface area contributed by atoms with Crippen molar-refractivity contribution in [2.75, 3.05) is 28.3 Å². The van der Waals surface area contributed by atoms with Crippen molar-refractivity contribution >= 4 is 64.0 Å². The molecule has 1 saturated heterocycles. The van der Waals surface area contributed by atoms with E-state index in [9.17, 15) is 27.6 Å². The molecule has 2 aromatic carbocycles. The number of hydrogen-bond donors (Lipinski definition) is 2. The molecule has 0 spiro atoms. The summed E-state index contributed by atoms with van der Waals surface area (Å²) in [6.07, 6.45) is -5.76. The fourth-order valence-electron chi connectivity index (χ4n) is 3.81. The second kappa shape index (κ2) is 11.5. The number of rotatable bonds is 7. The molecule has 1 aliphatic rings. The highest BCUT2D eigenvalue weighted by Gasteiger charge is 2.50. The summed E-state index contributed by atoms with van der Waals surface area (Å²) in [6, 6.07) is 8.70. The number of esters is 1. The quantitative estimate of drug-likeness (QED) is 0.252. The molecular formula is C26H25ClF3N5O5S. The van der Waals surface area contributed by atoms with Crippen LogP contribution >= 0.6 is 23.8 Å². The van der Waals surface area contributed by atoms with Gasteiger partial charge in [0, 0.05) is 5.69 Å². The van der Waals surface area contributed by atoms with Crippen LogP contribution in [0.4, 0.5) is 35.0 Å². The first-order valence-corrected chi connectivity index (χ1v) is 12.7. The molecule has 0 radical (unpaired) electrons. The second-order valence-corrected chi connectivity index (χ2v) is 10.7. The SMILES string of the molecule is CC(C)(N)C(=O)OCCOC(=O)Nc1cc(N2C(=S)N(c3ccc(C#N)c(C(F)(F)F)c3)C(=O)C2(C)C)ccc1Cl. The summed E-state index contributed by atoms with van der Waals surface area (Å²) in [5, 5.41) is 11.5. The van der Waals surface area contributed by atoms with E-state index in [1.54, 1.807) is 0 Å². The molecular weight excluding hydrogens is 587 g/mol. The Morgan fingerprint density at radius 2 is 1.73 bits per heavy atom. The van der Waals surface area contributed by atoms with Crippen LogP contribution in [0, 0.1) is 11.3 Å². The van der Waals surface area contributed by atoms with E-state index in [1.807, 2.05) is 0 Å². The number of nitrogens with two attached hydrogens (primary N) is 1. The number of anilines is 3. The van der Waals surface area contributed by atoms with E-state index in [0.717, 1.165) is 11.0 Å². The fourth-order valence-corrected chi connectivity index (χ4v) is 4.50. The summed E-state index contributed by atoms with van der Waals surface area (Å²) in [5.74, 6) is -1.31. The average Bonchev–Trinajstić information content (AvgIpc) is 3.04. The molecule has 15 heteroatoms. The minimum atomic E-state index is -4.84. The third-order valence-corrected chi connectivity index (χ3v) is 6.57. The molecule has 1 heterocycles. The zero-order valence-electron chi connectivity index (χ0n) is 22.3. The van der Waals surface area contributed by atoms with Gasteiger partial charge in [0.2, 0.25) is 0 Å². The smallest absolute Gasteiger partial charge is 0.417 e. The molecule has 10 nitrogen and oxygen atoms in total. The molecule has 0 aromatic heterocycles. The van der Waals surface area contributed by atoms with Crippen LogP contribution in [-0.2, 0) is 25.2 Å². The largest absolute Gasteiger partial charge is 0.461 e. The van der Waals surface area contributed by atoms with E-state index in [0.29, 0.717) is 11.8 Å². The third kappa shape index (κ3) is 6.70. The van der Waals surface area contributed by atoms with E-state index in [-0.39, 0.29) is 34.7 Å². The van der Waals surface area contributed by atoms with Crippen LogP contribution in [0.5, 0.6) is 0 Å². The lowest BCUT2D eigenvalue weighted by Gasteiger charge is -2.30. The van der Waals surface area contributed by atoms with Crippen molar-refractivity contribution in [3.8, 4) is 6.07 Å². The molecule has 0 aliphatic carbocycles. The Morgan fingerprint density at radius 3 is 2.32 bits per heavy atom. The van der Waals surface area contributed by atoms with Crippen molar-refractivity contribution in [1.82, 2.24) is 0 Å². The summed E-state index contributed by atoms with van der Waals surface area (Å²) in [5.41, 5.74) is 1.44. The topological polar surface area (TPSA) is 138 Å². The van der Waals surface area contributed by atoms with Crippen molar-refractivity contribution in [2.24, 2.45) is 5.73 Å². The maximum atomic E-state index is 13.6. The van der Waals surface area contributed by atoms with Crippen LogP contribution in [0.2, 0.25) is 5.02 Å². The number of nitrogens with one attached hydrogen (secondary N) is 1. The maximum Gasteiger partial charge on any atom is 0.417 e. The molecule has 0 bridgehead atoms. The lowest BCUT2D eigenvalue weighted by Crippen LogP contribution is -2.44. The molecule has 1 aliphatic heterocycles. The lowest BCUT2D eigenvalue weighted by atomic mass is 10.0. The highest BCUT2D eigenvalue weighted by Crippen LogP contribution is 2.40. The molecule has 0 saturated carbocycles. The zero-order valence-corrected chi connectivity index (χ0v) is 23.8. The molecule has 2 amide bonds. The number of nitrogens with zero attached hydrogens (tertiary/aromatic N) is 3. The minimum Gasteiger partial charge on any atom is -0.461 e. The predicted octanol–water partition coefficient (Wildman–Crippen LogP) is 4.98.